The van der Waals surface area contributed by atoms with Crippen LogP contribution in [-0.4, -0.2) is 29.2 Å². The molecule has 0 aromatic carbocycles. The Morgan fingerprint density at radius 2 is 2.33 bits per heavy atom. The molecule has 0 radical (unpaired) electrons. The molecule has 1 saturated carbocycles. The van der Waals surface area contributed by atoms with E-state index in [9.17, 15) is 14.7 Å². The maximum atomic E-state index is 12.0. The average molecular weight is 310 g/mol. The van der Waals surface area contributed by atoms with E-state index in [-0.39, 0.29) is 6.03 Å². The minimum atomic E-state index is -1.11. The summed E-state index contributed by atoms with van der Waals surface area (Å²) in [6.45, 7) is 2.54. The summed E-state index contributed by atoms with van der Waals surface area (Å²) in [6.07, 6.45) is 3.62. The summed E-state index contributed by atoms with van der Waals surface area (Å²) in [4.78, 5) is 23.5. The molecule has 2 unspecified atom stereocenters. The Hall–Kier alpha value is -1.56. The summed E-state index contributed by atoms with van der Waals surface area (Å²) in [6, 6.07) is 1.63. The highest BCUT2D eigenvalue weighted by Crippen LogP contribution is 2.32. The van der Waals surface area contributed by atoms with Gasteiger partial charge in [-0.1, -0.05) is 19.8 Å². The molecule has 0 bridgehead atoms. The second-order valence-corrected chi connectivity index (χ2v) is 6.63. The van der Waals surface area contributed by atoms with Gasteiger partial charge in [0, 0.05) is 6.54 Å². The first-order chi connectivity index (χ1) is 10.0. The van der Waals surface area contributed by atoms with Gasteiger partial charge in [-0.05, 0) is 47.6 Å². The minimum absolute atomic E-state index is 0.320. The molecule has 1 aromatic rings. The molecule has 0 aliphatic heterocycles. The zero-order valence-electron chi connectivity index (χ0n) is 12.2. The zero-order chi connectivity index (χ0) is 15.3. The van der Waals surface area contributed by atoms with Gasteiger partial charge < -0.3 is 15.7 Å². The smallest absolute Gasteiger partial charge is 0.329 e. The predicted molar refractivity (Wildman–Crippen MR) is 82.6 cm³/mol. The number of hydrogen-bond donors (Lipinski definition) is 3. The maximum absolute atomic E-state index is 12.0. The molecule has 0 spiro atoms. The van der Waals surface area contributed by atoms with Crippen molar-refractivity contribution >= 4 is 23.3 Å². The molecule has 1 aromatic heterocycles. The molecular weight excluding hydrogens is 288 g/mol. The van der Waals surface area contributed by atoms with E-state index in [1.807, 2.05) is 23.8 Å². The summed E-state index contributed by atoms with van der Waals surface area (Å²) >= 11 is 1.62. The van der Waals surface area contributed by atoms with Gasteiger partial charge in [-0.15, -0.1) is 0 Å². The first-order valence-corrected chi connectivity index (χ1v) is 8.26. The number of carbonyl (C=O) groups is 2. The van der Waals surface area contributed by atoms with Crippen LogP contribution in [0.15, 0.2) is 16.8 Å². The first-order valence-electron chi connectivity index (χ1n) is 7.32. The van der Waals surface area contributed by atoms with Gasteiger partial charge in [0.05, 0.1) is 0 Å². The van der Waals surface area contributed by atoms with Crippen LogP contribution >= 0.6 is 11.3 Å². The Morgan fingerprint density at radius 3 is 2.95 bits per heavy atom. The van der Waals surface area contributed by atoms with Crippen LogP contribution in [0.2, 0.25) is 0 Å². The van der Waals surface area contributed by atoms with E-state index in [2.05, 4.69) is 10.6 Å². The Morgan fingerprint density at radius 1 is 1.52 bits per heavy atom. The van der Waals surface area contributed by atoms with Crippen LogP contribution < -0.4 is 10.6 Å². The van der Waals surface area contributed by atoms with Crippen molar-refractivity contribution in [3.05, 3.63) is 22.4 Å². The van der Waals surface area contributed by atoms with Crippen molar-refractivity contribution in [1.82, 2.24) is 10.6 Å². The largest absolute Gasteiger partial charge is 0.480 e. The lowest BCUT2D eigenvalue weighted by molar-refractivity contribution is -0.146. The van der Waals surface area contributed by atoms with Crippen LogP contribution in [0.25, 0.3) is 0 Å². The van der Waals surface area contributed by atoms with E-state index >= 15 is 0 Å². The first kappa shape index (κ1) is 15.8. The lowest BCUT2D eigenvalue weighted by Crippen LogP contribution is -2.59. The van der Waals surface area contributed by atoms with Crippen molar-refractivity contribution in [2.45, 2.75) is 44.6 Å². The van der Waals surface area contributed by atoms with Crippen molar-refractivity contribution < 1.29 is 14.7 Å². The minimum Gasteiger partial charge on any atom is -0.480 e. The number of nitrogens with one attached hydrogen (secondary N) is 2. The molecule has 5 nitrogen and oxygen atoms in total. The summed E-state index contributed by atoms with van der Waals surface area (Å²) in [7, 11) is 0. The quantitative estimate of drug-likeness (QED) is 0.782. The van der Waals surface area contributed by atoms with Crippen molar-refractivity contribution in [2.24, 2.45) is 5.92 Å². The highest BCUT2D eigenvalue weighted by molar-refractivity contribution is 7.07. The molecule has 1 fully saturated rings. The summed E-state index contributed by atoms with van der Waals surface area (Å²) < 4.78 is 0. The molecule has 3 N–H and O–H groups in total. The topological polar surface area (TPSA) is 78.4 Å². The van der Waals surface area contributed by atoms with Gasteiger partial charge in [-0.25, -0.2) is 9.59 Å². The highest BCUT2D eigenvalue weighted by Gasteiger charge is 2.43. The summed E-state index contributed by atoms with van der Waals surface area (Å²) in [5.41, 5.74) is 0.0731. The van der Waals surface area contributed by atoms with Crippen molar-refractivity contribution in [3.63, 3.8) is 0 Å². The van der Waals surface area contributed by atoms with Gasteiger partial charge in [0.2, 0.25) is 0 Å². The number of carboxylic acid groups (broad SMARTS) is 1. The number of thiophene rings is 1. The van der Waals surface area contributed by atoms with Crippen LogP contribution in [0, 0.1) is 5.92 Å². The standard InChI is InChI=1S/C15H22N2O3S/c1-11-3-2-6-15(9-11,13(18)19)17-14(20)16-7-4-12-5-8-21-10-12/h5,8,10-11H,2-4,6-7,9H2,1H3,(H,18,19)(H2,16,17,20). The SMILES string of the molecule is CC1CCCC(NC(=O)NCCc2ccsc2)(C(=O)O)C1. The van der Waals surface area contributed by atoms with Crippen molar-refractivity contribution in [3.8, 4) is 0 Å². The second-order valence-electron chi connectivity index (χ2n) is 5.85. The van der Waals surface area contributed by atoms with E-state index in [0.717, 1.165) is 19.3 Å². The highest BCUT2D eigenvalue weighted by atomic mass is 32.1. The number of aliphatic carboxylic acids is 1. The van der Waals surface area contributed by atoms with Gasteiger partial charge in [-0.3, -0.25) is 0 Å². The fourth-order valence-corrected chi connectivity index (χ4v) is 3.63. The monoisotopic (exact) mass is 310 g/mol. The predicted octanol–water partition coefficient (Wildman–Crippen LogP) is 2.62. The Balaban J connectivity index is 1.85. The number of urea groups is 1. The molecular formula is C15H22N2O3S. The summed E-state index contributed by atoms with van der Waals surface area (Å²) in [5, 5.41) is 19.0. The van der Waals surface area contributed by atoms with Gasteiger partial charge >= 0.3 is 12.0 Å². The van der Waals surface area contributed by atoms with Gasteiger partial charge in [0.15, 0.2) is 0 Å². The van der Waals surface area contributed by atoms with E-state index in [0.29, 0.717) is 25.3 Å². The Bertz CT molecular complexity index is 489. The number of hydrogen-bond acceptors (Lipinski definition) is 3. The van der Waals surface area contributed by atoms with Crippen LogP contribution in [0.4, 0.5) is 4.79 Å². The van der Waals surface area contributed by atoms with Crippen LogP contribution in [0.3, 0.4) is 0 Å². The fraction of sp³-hybridized carbons (Fsp3) is 0.600. The van der Waals surface area contributed by atoms with E-state index < -0.39 is 11.5 Å². The van der Waals surface area contributed by atoms with Gasteiger partial charge in [-0.2, -0.15) is 11.3 Å². The molecule has 2 atom stereocenters. The van der Waals surface area contributed by atoms with E-state index in [1.54, 1.807) is 11.3 Å². The van der Waals surface area contributed by atoms with Gasteiger partial charge in [0.25, 0.3) is 0 Å². The zero-order valence-corrected chi connectivity index (χ0v) is 13.0. The normalized spacial score (nSPS) is 25.3. The average Bonchev–Trinajstić information content (AvgIpc) is 2.91. The van der Waals surface area contributed by atoms with E-state index in [1.165, 1.54) is 5.56 Å². The van der Waals surface area contributed by atoms with Crippen molar-refractivity contribution in [2.75, 3.05) is 6.54 Å². The van der Waals surface area contributed by atoms with Crippen LogP contribution in [0.1, 0.15) is 38.2 Å². The van der Waals surface area contributed by atoms with E-state index in [4.69, 9.17) is 0 Å². The molecule has 0 saturated heterocycles. The third-order valence-electron chi connectivity index (χ3n) is 4.04. The number of amides is 2. The van der Waals surface area contributed by atoms with Gasteiger partial charge in [0.1, 0.15) is 5.54 Å². The molecule has 1 aliphatic carbocycles. The lowest BCUT2D eigenvalue weighted by atomic mass is 9.76. The molecule has 21 heavy (non-hydrogen) atoms. The second kappa shape index (κ2) is 6.93. The molecule has 2 rings (SSSR count). The molecule has 1 aliphatic rings. The fourth-order valence-electron chi connectivity index (χ4n) is 2.93. The summed E-state index contributed by atoms with van der Waals surface area (Å²) in [5.74, 6) is -0.608. The Kier molecular flexibility index (Phi) is 5.22. The molecule has 2 amide bonds. The molecule has 116 valence electrons. The number of carbonyl (C=O) groups excluding carboxylic acids is 1. The third-order valence-corrected chi connectivity index (χ3v) is 4.77. The van der Waals surface area contributed by atoms with Crippen LogP contribution in [-0.2, 0) is 11.2 Å². The third kappa shape index (κ3) is 4.20. The number of rotatable bonds is 5. The number of carboxylic acids is 1. The molecule has 6 heteroatoms. The Labute approximate surface area is 128 Å². The van der Waals surface area contributed by atoms with Crippen molar-refractivity contribution in [1.29, 1.82) is 0 Å². The van der Waals surface area contributed by atoms with Crippen LogP contribution in [0.5, 0.6) is 0 Å². The maximum Gasteiger partial charge on any atom is 0.329 e. The lowest BCUT2D eigenvalue weighted by Gasteiger charge is -2.37. The molecule has 1 heterocycles.